The molecule has 9 nitrogen and oxygen atoms in total. The number of aromatic nitrogens is 6. The molecule has 3 saturated heterocycles. The zero-order valence-corrected chi connectivity index (χ0v) is 13.6. The number of H-pyrrole nitrogens is 1. The minimum atomic E-state index is 0.293. The Bertz CT molecular complexity index is 925. The molecule has 3 aromatic rings. The third-order valence-corrected chi connectivity index (χ3v) is 5.50. The summed E-state index contributed by atoms with van der Waals surface area (Å²) in [7, 11) is 0. The van der Waals surface area contributed by atoms with Crippen molar-refractivity contribution >= 4 is 17.3 Å². The van der Waals surface area contributed by atoms with Gasteiger partial charge in [-0.15, -0.1) is 5.10 Å². The fourth-order valence-corrected chi connectivity index (χ4v) is 4.07. The van der Waals surface area contributed by atoms with E-state index in [0.29, 0.717) is 31.2 Å². The molecule has 0 spiro atoms. The maximum Gasteiger partial charge on any atom is 0.243 e. The molecule has 7 rings (SSSR count). The van der Waals surface area contributed by atoms with Gasteiger partial charge in [0.2, 0.25) is 5.95 Å². The molecular formula is C16H18N8O. The summed E-state index contributed by atoms with van der Waals surface area (Å²) in [6.45, 7) is 2.48. The second-order valence-electron chi connectivity index (χ2n) is 7.15. The van der Waals surface area contributed by atoms with Crippen LogP contribution in [0.5, 0.6) is 0 Å². The number of hydrogen-bond donors (Lipinski definition) is 2. The van der Waals surface area contributed by atoms with Crippen molar-refractivity contribution in [3.63, 3.8) is 0 Å². The van der Waals surface area contributed by atoms with Crippen molar-refractivity contribution in [3.8, 4) is 11.3 Å². The average Bonchev–Trinajstić information content (AvgIpc) is 3.30. The molecule has 0 unspecified atom stereocenters. The number of nitrogens with zero attached hydrogens (tertiary/aromatic N) is 6. The molecule has 0 radical (unpaired) electrons. The van der Waals surface area contributed by atoms with E-state index < -0.39 is 0 Å². The van der Waals surface area contributed by atoms with Crippen molar-refractivity contribution < 1.29 is 4.74 Å². The van der Waals surface area contributed by atoms with Gasteiger partial charge in [-0.3, -0.25) is 5.10 Å². The molecule has 1 saturated carbocycles. The summed E-state index contributed by atoms with van der Waals surface area (Å²) < 4.78 is 6.99. The molecule has 1 aliphatic carbocycles. The number of anilines is 2. The zero-order chi connectivity index (χ0) is 16.4. The van der Waals surface area contributed by atoms with E-state index in [1.165, 1.54) is 12.8 Å². The maximum atomic E-state index is 5.22. The molecule has 3 aliphatic heterocycles. The minimum Gasteiger partial charge on any atom is -0.377 e. The summed E-state index contributed by atoms with van der Waals surface area (Å²) >= 11 is 0. The first-order valence-corrected chi connectivity index (χ1v) is 8.70. The second kappa shape index (κ2) is 4.92. The Morgan fingerprint density at radius 2 is 2.20 bits per heavy atom. The number of fused-ring (bicyclic) bond motifs is 2. The van der Waals surface area contributed by atoms with Crippen molar-refractivity contribution in [2.24, 2.45) is 5.92 Å². The highest BCUT2D eigenvalue weighted by atomic mass is 16.5. The molecular weight excluding hydrogens is 320 g/mol. The van der Waals surface area contributed by atoms with Gasteiger partial charge in [-0.1, -0.05) is 0 Å². The number of ether oxygens (including phenoxy) is 1. The molecule has 2 bridgehead atoms. The highest BCUT2D eigenvalue weighted by Gasteiger charge is 2.44. The molecule has 6 heterocycles. The SMILES string of the molecule is c1n[nH]cc1-c1ncn2nc(NC3COC3)nc2c1N1CC2CC1C2. The zero-order valence-electron chi connectivity index (χ0n) is 13.6. The van der Waals surface area contributed by atoms with Crippen LogP contribution in [0.3, 0.4) is 0 Å². The quantitative estimate of drug-likeness (QED) is 0.730. The number of nitrogens with one attached hydrogen (secondary N) is 2. The van der Waals surface area contributed by atoms with Gasteiger partial charge < -0.3 is 15.0 Å². The van der Waals surface area contributed by atoms with Gasteiger partial charge in [-0.2, -0.15) is 14.6 Å². The van der Waals surface area contributed by atoms with Crippen LogP contribution < -0.4 is 10.2 Å². The first-order chi connectivity index (χ1) is 12.3. The third-order valence-electron chi connectivity index (χ3n) is 5.50. The van der Waals surface area contributed by atoms with Gasteiger partial charge in [-0.05, 0) is 18.8 Å². The van der Waals surface area contributed by atoms with Gasteiger partial charge in [-0.25, -0.2) is 4.98 Å². The third kappa shape index (κ3) is 1.98. The molecule has 4 aliphatic rings. The Morgan fingerprint density at radius 3 is 2.88 bits per heavy atom. The largest absolute Gasteiger partial charge is 0.377 e. The van der Waals surface area contributed by atoms with Crippen LogP contribution in [0.25, 0.3) is 16.9 Å². The van der Waals surface area contributed by atoms with E-state index in [2.05, 4.69) is 30.5 Å². The van der Waals surface area contributed by atoms with Gasteiger partial charge in [0.1, 0.15) is 17.7 Å². The van der Waals surface area contributed by atoms with E-state index in [0.717, 1.165) is 35.1 Å². The summed E-state index contributed by atoms with van der Waals surface area (Å²) in [6, 6.07) is 0.888. The highest BCUT2D eigenvalue weighted by molar-refractivity contribution is 5.85. The molecule has 25 heavy (non-hydrogen) atoms. The van der Waals surface area contributed by atoms with Crippen LogP contribution in [0.15, 0.2) is 18.7 Å². The van der Waals surface area contributed by atoms with Crippen molar-refractivity contribution in [2.75, 3.05) is 30.0 Å². The van der Waals surface area contributed by atoms with Crippen molar-refractivity contribution in [3.05, 3.63) is 18.7 Å². The van der Waals surface area contributed by atoms with Crippen molar-refractivity contribution in [2.45, 2.75) is 24.9 Å². The summed E-state index contributed by atoms with van der Waals surface area (Å²) in [4.78, 5) is 11.9. The monoisotopic (exact) mass is 338 g/mol. The van der Waals surface area contributed by atoms with E-state index in [9.17, 15) is 0 Å². The summed E-state index contributed by atoms with van der Waals surface area (Å²) in [5, 5.41) is 14.9. The van der Waals surface area contributed by atoms with Crippen LogP contribution in [0, 0.1) is 5.92 Å². The molecule has 4 fully saturated rings. The van der Waals surface area contributed by atoms with E-state index in [1.54, 1.807) is 10.8 Å². The molecule has 0 atom stereocenters. The maximum absolute atomic E-state index is 5.22. The molecule has 3 aromatic heterocycles. The fourth-order valence-electron chi connectivity index (χ4n) is 4.07. The summed E-state index contributed by atoms with van der Waals surface area (Å²) in [6.07, 6.45) is 7.96. The lowest BCUT2D eigenvalue weighted by molar-refractivity contribution is 0.0208. The van der Waals surface area contributed by atoms with E-state index in [-0.39, 0.29) is 0 Å². The average molecular weight is 338 g/mol. The van der Waals surface area contributed by atoms with Gasteiger partial charge in [0, 0.05) is 24.3 Å². The first kappa shape index (κ1) is 13.6. The first-order valence-electron chi connectivity index (χ1n) is 8.70. The second-order valence-corrected chi connectivity index (χ2v) is 7.15. The van der Waals surface area contributed by atoms with Crippen LogP contribution in [0.1, 0.15) is 12.8 Å². The molecule has 9 heteroatoms. The topological polar surface area (TPSA) is 96.3 Å². The smallest absolute Gasteiger partial charge is 0.243 e. The van der Waals surface area contributed by atoms with Crippen molar-refractivity contribution in [1.82, 2.24) is 29.8 Å². The lowest BCUT2D eigenvalue weighted by atomic mass is 9.86. The Balaban J connectivity index is 1.50. The lowest BCUT2D eigenvalue weighted by Gasteiger charge is -2.28. The van der Waals surface area contributed by atoms with Gasteiger partial charge in [0.15, 0.2) is 5.65 Å². The molecule has 2 N–H and O–H groups in total. The predicted octanol–water partition coefficient (Wildman–Crippen LogP) is 0.924. The lowest BCUT2D eigenvalue weighted by Crippen LogP contribution is -2.40. The van der Waals surface area contributed by atoms with Gasteiger partial charge >= 0.3 is 0 Å². The predicted molar refractivity (Wildman–Crippen MR) is 90.5 cm³/mol. The number of rotatable bonds is 4. The van der Waals surface area contributed by atoms with E-state index in [1.807, 2.05) is 12.4 Å². The van der Waals surface area contributed by atoms with Crippen molar-refractivity contribution in [1.29, 1.82) is 0 Å². The molecule has 0 amide bonds. The van der Waals surface area contributed by atoms with Crippen LogP contribution >= 0.6 is 0 Å². The Hall–Kier alpha value is -2.68. The van der Waals surface area contributed by atoms with Crippen LogP contribution in [-0.4, -0.2) is 61.6 Å². The standard InChI is InChI=1S/C16H18N8O/c1-9-2-12(1)23(5-9)14-13(10-3-18-19-4-10)17-8-24-15(14)21-16(22-24)20-11-6-25-7-11/h3-4,8-9,11-12H,1-2,5-7H2,(H,18,19)(H,20,22). The summed E-state index contributed by atoms with van der Waals surface area (Å²) in [5.74, 6) is 1.43. The fraction of sp³-hybridized carbons (Fsp3) is 0.500. The minimum absolute atomic E-state index is 0.293. The number of aromatic amines is 1. The normalized spacial score (nSPS) is 25.2. The van der Waals surface area contributed by atoms with E-state index in [4.69, 9.17) is 9.72 Å². The molecule has 0 aromatic carbocycles. The van der Waals surface area contributed by atoms with E-state index >= 15 is 0 Å². The van der Waals surface area contributed by atoms with Crippen LogP contribution in [0.2, 0.25) is 0 Å². The van der Waals surface area contributed by atoms with Crippen LogP contribution in [-0.2, 0) is 4.74 Å². The van der Waals surface area contributed by atoms with Crippen LogP contribution in [0.4, 0.5) is 11.6 Å². The Kier molecular flexibility index (Phi) is 2.67. The summed E-state index contributed by atoms with van der Waals surface area (Å²) in [5.41, 5.74) is 3.81. The highest BCUT2D eigenvalue weighted by Crippen LogP contribution is 2.46. The van der Waals surface area contributed by atoms with Gasteiger partial charge in [0.25, 0.3) is 0 Å². The number of hydrogen-bond acceptors (Lipinski definition) is 7. The van der Waals surface area contributed by atoms with Gasteiger partial charge in [0.05, 0.1) is 25.5 Å². The Morgan fingerprint density at radius 1 is 1.28 bits per heavy atom. The molecule has 128 valence electrons. The Labute approximate surface area is 143 Å².